The van der Waals surface area contributed by atoms with Crippen molar-refractivity contribution in [2.24, 2.45) is 0 Å². The fraction of sp³-hybridized carbons (Fsp3) is 0.406. The Kier molecular flexibility index (Phi) is 7.99. The van der Waals surface area contributed by atoms with Crippen molar-refractivity contribution in [2.75, 3.05) is 49.2 Å². The number of ether oxygens (including phenoxy) is 2. The highest BCUT2D eigenvalue weighted by atomic mass is 127. The maximum absolute atomic E-state index is 17.0. The summed E-state index contributed by atoms with van der Waals surface area (Å²) in [6, 6.07) is 4.66. The molecule has 14 heteroatoms. The number of nitrogen functional groups attached to an aromatic ring is 2. The maximum Gasteiger partial charge on any atom is 0.319 e. The molecule has 0 bridgehead atoms. The number of pyridine rings is 1. The van der Waals surface area contributed by atoms with Gasteiger partial charge in [0.2, 0.25) is 0 Å². The summed E-state index contributed by atoms with van der Waals surface area (Å²) in [5, 5.41) is 0.0907. The highest BCUT2D eigenvalue weighted by molar-refractivity contribution is 14.1. The first-order valence-electron chi connectivity index (χ1n) is 15.1. The molecule has 0 spiro atoms. The zero-order chi connectivity index (χ0) is 32.5. The predicted octanol–water partition coefficient (Wildman–Crippen LogP) is 6.62. The molecule has 46 heavy (non-hydrogen) atoms. The van der Waals surface area contributed by atoms with Crippen molar-refractivity contribution >= 4 is 62.4 Å². The number of hydrogen-bond acceptors (Lipinski definition) is 9. The Morgan fingerprint density at radius 2 is 2.02 bits per heavy atom. The molecule has 3 atom stereocenters. The lowest BCUT2D eigenvalue weighted by Gasteiger charge is -2.32. The minimum absolute atomic E-state index is 0.0805. The fourth-order valence-corrected chi connectivity index (χ4v) is 8.20. The molecular weight excluding hydrogens is 734 g/mol. The number of fused-ring (bicyclic) bond motifs is 1. The zero-order valence-corrected chi connectivity index (χ0v) is 28.1. The molecule has 3 aliphatic rings. The second-order valence-electron chi connectivity index (χ2n) is 12.2. The molecule has 2 fully saturated rings. The lowest BCUT2D eigenvalue weighted by Crippen LogP contribution is -2.43. The van der Waals surface area contributed by atoms with E-state index in [2.05, 4.69) is 14.9 Å². The Morgan fingerprint density at radius 3 is 2.80 bits per heavy atom. The molecule has 9 nitrogen and oxygen atoms in total. The van der Waals surface area contributed by atoms with Crippen molar-refractivity contribution in [3.63, 3.8) is 0 Å². The SMILES string of the molecule is Cc1cc(N)c(F)c(-c2c(Cl)c3c4c(nc(OC[C@@]56CCCN5C[C@H](F)C6)nc4c2F)N([C@H](C)c2cccnc2N)CCO3)c1I. The van der Waals surface area contributed by atoms with Gasteiger partial charge in [0, 0.05) is 39.4 Å². The highest BCUT2D eigenvalue weighted by Crippen LogP contribution is 2.51. The summed E-state index contributed by atoms with van der Waals surface area (Å²) in [4.78, 5) is 17.6. The molecule has 2 saturated heterocycles. The summed E-state index contributed by atoms with van der Waals surface area (Å²) in [5.41, 5.74) is 12.6. The van der Waals surface area contributed by atoms with E-state index in [0.29, 0.717) is 40.3 Å². The van der Waals surface area contributed by atoms with Crippen molar-refractivity contribution in [1.29, 1.82) is 0 Å². The minimum atomic E-state index is -0.951. The summed E-state index contributed by atoms with van der Waals surface area (Å²) in [7, 11) is 0. The van der Waals surface area contributed by atoms with Gasteiger partial charge in [0.05, 0.1) is 34.2 Å². The molecule has 0 radical (unpaired) electrons. The van der Waals surface area contributed by atoms with Crippen LogP contribution in [-0.4, -0.2) is 64.4 Å². The van der Waals surface area contributed by atoms with E-state index >= 15 is 8.78 Å². The van der Waals surface area contributed by atoms with Gasteiger partial charge in [-0.15, -0.1) is 0 Å². The molecule has 4 aromatic rings. The van der Waals surface area contributed by atoms with Crippen molar-refractivity contribution < 1.29 is 22.6 Å². The maximum atomic E-state index is 17.0. The molecule has 242 valence electrons. The lowest BCUT2D eigenvalue weighted by atomic mass is 9.95. The Bertz CT molecular complexity index is 1860. The summed E-state index contributed by atoms with van der Waals surface area (Å²) in [5.74, 6) is -0.901. The number of benzene rings is 2. The number of nitrogens with zero attached hydrogens (tertiary/aromatic N) is 5. The second-order valence-corrected chi connectivity index (χ2v) is 13.7. The number of rotatable bonds is 6. The van der Waals surface area contributed by atoms with E-state index in [9.17, 15) is 4.39 Å². The normalized spacial score (nSPS) is 21.7. The zero-order valence-electron chi connectivity index (χ0n) is 25.2. The average Bonchev–Trinajstić information content (AvgIpc) is 3.48. The van der Waals surface area contributed by atoms with Gasteiger partial charge >= 0.3 is 6.01 Å². The van der Waals surface area contributed by atoms with Gasteiger partial charge in [-0.25, -0.2) is 18.2 Å². The molecule has 2 aromatic carbocycles. The van der Waals surface area contributed by atoms with Crippen molar-refractivity contribution in [3.05, 3.63) is 55.8 Å². The quantitative estimate of drug-likeness (QED) is 0.165. The van der Waals surface area contributed by atoms with Crippen LogP contribution >= 0.6 is 34.2 Å². The standard InChI is InChI=1S/C32H32ClF3IN7O2/c1-15-11-19(38)24(35)21(26(15)37)20-23(33)28-22-27(25(20)36)41-31(46-14-32-6-4-8-43(32)13-17(34)12-32)42-30(22)44(9-10-45-28)16(2)18-5-3-7-40-29(18)39/h3,5,7,11,16-17H,4,6,8-10,12-14,38H2,1-2H3,(H2,39,40)/t16-,17-,32+/m1/s1. The fourth-order valence-electron chi connectivity index (χ4n) is 7.21. The van der Waals surface area contributed by atoms with Crippen LogP contribution in [0.15, 0.2) is 24.4 Å². The van der Waals surface area contributed by atoms with Gasteiger partial charge < -0.3 is 25.8 Å². The van der Waals surface area contributed by atoms with Gasteiger partial charge in [-0.3, -0.25) is 4.90 Å². The van der Waals surface area contributed by atoms with Crippen LogP contribution in [0.5, 0.6) is 11.8 Å². The first kappa shape index (κ1) is 31.3. The third-order valence-electron chi connectivity index (χ3n) is 9.47. The minimum Gasteiger partial charge on any atom is -0.489 e. The Hall–Kier alpha value is -3.30. The molecule has 0 amide bonds. The van der Waals surface area contributed by atoms with Crippen LogP contribution in [0.1, 0.15) is 43.4 Å². The first-order valence-corrected chi connectivity index (χ1v) is 16.6. The average molecular weight is 766 g/mol. The van der Waals surface area contributed by atoms with Gasteiger partial charge in [0.15, 0.2) is 17.4 Å². The van der Waals surface area contributed by atoms with E-state index in [4.69, 9.17) is 37.5 Å². The van der Waals surface area contributed by atoms with E-state index in [-0.39, 0.29) is 63.8 Å². The molecule has 0 saturated carbocycles. The topological polar surface area (TPSA) is 116 Å². The van der Waals surface area contributed by atoms with E-state index < -0.39 is 23.3 Å². The van der Waals surface area contributed by atoms with Crippen LogP contribution in [0.25, 0.3) is 22.0 Å². The molecule has 2 aromatic heterocycles. The molecule has 3 aliphatic heterocycles. The summed E-state index contributed by atoms with van der Waals surface area (Å²) >= 11 is 8.89. The number of aryl methyl sites for hydroxylation is 1. The Balaban J connectivity index is 1.45. The van der Waals surface area contributed by atoms with E-state index in [1.165, 1.54) is 6.07 Å². The number of halogens is 5. The van der Waals surface area contributed by atoms with Crippen LogP contribution in [0.3, 0.4) is 0 Å². The summed E-state index contributed by atoms with van der Waals surface area (Å²) in [6.07, 6.45) is 2.70. The van der Waals surface area contributed by atoms with Gasteiger partial charge in [0.25, 0.3) is 0 Å². The van der Waals surface area contributed by atoms with Crippen molar-refractivity contribution in [1.82, 2.24) is 19.9 Å². The van der Waals surface area contributed by atoms with Gasteiger partial charge in [-0.1, -0.05) is 17.7 Å². The van der Waals surface area contributed by atoms with Gasteiger partial charge in [0.1, 0.15) is 36.5 Å². The van der Waals surface area contributed by atoms with Crippen molar-refractivity contribution in [3.8, 4) is 22.9 Å². The van der Waals surface area contributed by atoms with Gasteiger partial charge in [-0.2, -0.15) is 9.97 Å². The number of hydrogen-bond donors (Lipinski definition) is 2. The van der Waals surface area contributed by atoms with Crippen LogP contribution in [-0.2, 0) is 0 Å². The molecular formula is C32H32ClF3IN7O2. The molecule has 4 N–H and O–H groups in total. The second kappa shape index (κ2) is 11.7. The van der Waals surface area contributed by atoms with Crippen LogP contribution in [0, 0.1) is 22.1 Å². The Labute approximate surface area is 282 Å². The molecule has 0 aliphatic carbocycles. The smallest absolute Gasteiger partial charge is 0.319 e. The third-order valence-corrected chi connectivity index (χ3v) is 11.2. The number of nitrogens with two attached hydrogens (primary N) is 2. The molecule has 0 unspecified atom stereocenters. The number of aromatic nitrogens is 3. The third kappa shape index (κ3) is 4.96. The number of alkyl halides is 1. The van der Waals surface area contributed by atoms with E-state index in [1.54, 1.807) is 19.2 Å². The van der Waals surface area contributed by atoms with Crippen LogP contribution in [0.4, 0.5) is 30.5 Å². The van der Waals surface area contributed by atoms with E-state index in [1.807, 2.05) is 40.5 Å². The lowest BCUT2D eigenvalue weighted by molar-refractivity contribution is 0.107. The van der Waals surface area contributed by atoms with E-state index in [0.717, 1.165) is 24.9 Å². The molecule has 7 rings (SSSR count). The van der Waals surface area contributed by atoms with Crippen LogP contribution < -0.4 is 25.8 Å². The largest absolute Gasteiger partial charge is 0.489 e. The van der Waals surface area contributed by atoms with Crippen molar-refractivity contribution in [2.45, 2.75) is 50.9 Å². The van der Waals surface area contributed by atoms with Crippen LogP contribution in [0.2, 0.25) is 5.02 Å². The Morgan fingerprint density at radius 1 is 1.22 bits per heavy atom. The highest BCUT2D eigenvalue weighted by Gasteiger charge is 2.49. The van der Waals surface area contributed by atoms with Gasteiger partial charge in [-0.05, 0) is 73.5 Å². The monoisotopic (exact) mass is 765 g/mol. The summed E-state index contributed by atoms with van der Waals surface area (Å²) < 4.78 is 60.1. The molecule has 5 heterocycles. The predicted molar refractivity (Wildman–Crippen MR) is 180 cm³/mol. The summed E-state index contributed by atoms with van der Waals surface area (Å²) in [6.45, 7) is 5.41. The number of anilines is 3. The first-order chi connectivity index (χ1) is 22.0.